The van der Waals surface area contributed by atoms with E-state index in [9.17, 15) is 9.90 Å². The molecule has 2 aromatic carbocycles. The summed E-state index contributed by atoms with van der Waals surface area (Å²) in [6.07, 6.45) is 3.74. The first-order chi connectivity index (χ1) is 13.0. The normalized spacial score (nSPS) is 18.0. The molecule has 7 heteroatoms. The summed E-state index contributed by atoms with van der Waals surface area (Å²) in [5.74, 6) is 0.0291. The summed E-state index contributed by atoms with van der Waals surface area (Å²) in [6, 6.07) is 9.27. The van der Waals surface area contributed by atoms with Crippen LogP contribution in [-0.4, -0.2) is 34.2 Å². The Hall–Kier alpha value is -2.87. The molecule has 2 aromatic rings. The molecule has 1 fully saturated rings. The van der Waals surface area contributed by atoms with Gasteiger partial charge in [-0.15, -0.1) is 11.0 Å². The van der Waals surface area contributed by atoms with Gasteiger partial charge in [-0.2, -0.15) is 0 Å². The van der Waals surface area contributed by atoms with Crippen LogP contribution in [0.15, 0.2) is 42.2 Å². The summed E-state index contributed by atoms with van der Waals surface area (Å²) in [4.78, 5) is 14.9. The molecule has 0 spiro atoms. The number of ketones is 1. The average molecular weight is 367 g/mol. The highest BCUT2D eigenvalue weighted by Crippen LogP contribution is 2.39. The Balaban J connectivity index is 1.66. The summed E-state index contributed by atoms with van der Waals surface area (Å²) >= 11 is 0. The molecular weight excluding hydrogens is 348 g/mol. The number of fused-ring (bicyclic) bond motifs is 1. The fourth-order valence-electron chi connectivity index (χ4n) is 3.49. The number of carbonyl (C=O) groups excluding carboxylic acids is 1. The van der Waals surface area contributed by atoms with Crippen LogP contribution in [0, 0.1) is 0 Å². The van der Waals surface area contributed by atoms with Gasteiger partial charge in [-0.1, -0.05) is 18.2 Å². The number of ether oxygens (including phenoxy) is 1. The zero-order valence-electron chi connectivity index (χ0n) is 14.6. The van der Waals surface area contributed by atoms with E-state index in [1.165, 1.54) is 30.3 Å². The smallest absolute Gasteiger partial charge is 0.231 e. The van der Waals surface area contributed by atoms with Crippen molar-refractivity contribution in [3.05, 3.63) is 58.8 Å². The molecule has 0 saturated carbocycles. The number of Topliss-reactive ketones (excluding diaryl/α,β-unsaturated/α-hetero) is 1. The van der Waals surface area contributed by atoms with Crippen LogP contribution in [0.25, 0.3) is 6.08 Å². The van der Waals surface area contributed by atoms with E-state index < -0.39 is 0 Å². The van der Waals surface area contributed by atoms with Crippen LogP contribution in [0.4, 0.5) is 5.69 Å². The molecule has 0 amide bonds. The van der Waals surface area contributed by atoms with Crippen molar-refractivity contribution in [3.8, 4) is 11.5 Å². The molecule has 2 N–H and O–H groups in total. The number of hydrogen-bond acceptors (Lipinski definition) is 7. The summed E-state index contributed by atoms with van der Waals surface area (Å²) in [6.45, 7) is 2.35. The minimum Gasteiger partial charge on any atom is -0.872 e. The highest BCUT2D eigenvalue weighted by Gasteiger charge is 2.30. The molecule has 2 heterocycles. The van der Waals surface area contributed by atoms with E-state index in [1.54, 1.807) is 12.1 Å². The Morgan fingerprint density at radius 1 is 1.19 bits per heavy atom. The van der Waals surface area contributed by atoms with Crippen molar-refractivity contribution in [2.24, 2.45) is 0 Å². The molecular formula is C20H19N2O5-. The van der Waals surface area contributed by atoms with Crippen molar-refractivity contribution in [1.82, 2.24) is 4.90 Å². The first kappa shape index (κ1) is 17.5. The SMILES string of the molecule is O=C1C(=Cc2cccc(N(O)O)c2)Oc2c1ccc([O-])c2CN1CCCC1. The monoisotopic (exact) mass is 367 g/mol. The molecule has 27 heavy (non-hydrogen) atoms. The maximum atomic E-state index is 12.7. The lowest BCUT2D eigenvalue weighted by Crippen LogP contribution is -2.19. The molecule has 0 aromatic heterocycles. The van der Waals surface area contributed by atoms with Gasteiger partial charge in [0.05, 0.1) is 11.3 Å². The van der Waals surface area contributed by atoms with E-state index >= 15 is 0 Å². The third-order valence-corrected chi connectivity index (χ3v) is 4.88. The maximum Gasteiger partial charge on any atom is 0.231 e. The highest BCUT2D eigenvalue weighted by molar-refractivity contribution is 6.15. The Labute approximate surface area is 156 Å². The van der Waals surface area contributed by atoms with Crippen molar-refractivity contribution >= 4 is 17.5 Å². The first-order valence-corrected chi connectivity index (χ1v) is 8.80. The Kier molecular flexibility index (Phi) is 4.57. The fraction of sp³-hybridized carbons (Fsp3) is 0.250. The number of likely N-dealkylation sites (tertiary alicyclic amines) is 1. The molecule has 0 bridgehead atoms. The standard InChI is InChI=1S/C20H20N2O5/c23-17-7-6-15-19(24)18(11-13-4-3-5-14(10-13)22(25)26)27-20(15)16(17)12-21-8-1-2-9-21/h3-7,10-11,23,25-26H,1-2,8-9,12H2/p-1. The second-order valence-corrected chi connectivity index (χ2v) is 6.73. The number of allylic oxidation sites excluding steroid dienone is 1. The quantitative estimate of drug-likeness (QED) is 0.633. The number of carbonyl (C=O) groups is 1. The summed E-state index contributed by atoms with van der Waals surface area (Å²) in [5.41, 5.74) is 1.62. The minimum absolute atomic E-state index is 0.00590. The van der Waals surface area contributed by atoms with Crippen molar-refractivity contribution in [2.45, 2.75) is 19.4 Å². The number of benzene rings is 2. The fourth-order valence-corrected chi connectivity index (χ4v) is 3.49. The third-order valence-electron chi connectivity index (χ3n) is 4.88. The Morgan fingerprint density at radius 3 is 2.70 bits per heavy atom. The van der Waals surface area contributed by atoms with Crippen molar-refractivity contribution in [3.63, 3.8) is 0 Å². The largest absolute Gasteiger partial charge is 0.872 e. The molecule has 140 valence electrons. The van der Waals surface area contributed by atoms with Gasteiger partial charge in [0.2, 0.25) is 5.78 Å². The van der Waals surface area contributed by atoms with Crippen LogP contribution in [0.5, 0.6) is 11.5 Å². The number of anilines is 1. The van der Waals surface area contributed by atoms with Gasteiger partial charge < -0.3 is 9.84 Å². The summed E-state index contributed by atoms with van der Waals surface area (Å²) in [7, 11) is 0. The number of nitrogens with zero attached hydrogens (tertiary/aromatic N) is 2. The predicted molar refractivity (Wildman–Crippen MR) is 95.8 cm³/mol. The second kappa shape index (κ2) is 7.03. The molecule has 4 rings (SSSR count). The van der Waals surface area contributed by atoms with Crippen LogP contribution in [0.3, 0.4) is 0 Å². The Morgan fingerprint density at radius 2 is 1.96 bits per heavy atom. The Bertz CT molecular complexity index is 917. The highest BCUT2D eigenvalue weighted by atomic mass is 16.8. The lowest BCUT2D eigenvalue weighted by Gasteiger charge is -2.21. The van der Waals surface area contributed by atoms with Gasteiger partial charge in [0, 0.05) is 12.1 Å². The zero-order valence-corrected chi connectivity index (χ0v) is 14.6. The van der Waals surface area contributed by atoms with Crippen molar-refractivity contribution in [2.75, 3.05) is 18.3 Å². The van der Waals surface area contributed by atoms with Crippen LogP contribution in [0.1, 0.15) is 34.3 Å². The molecule has 7 nitrogen and oxygen atoms in total. The molecule has 0 atom stereocenters. The lowest BCUT2D eigenvalue weighted by atomic mass is 10.0. The predicted octanol–water partition coefficient (Wildman–Crippen LogP) is 2.56. The van der Waals surface area contributed by atoms with Gasteiger partial charge >= 0.3 is 0 Å². The number of rotatable bonds is 4. The molecule has 1 saturated heterocycles. The molecule has 0 aliphatic carbocycles. The van der Waals surface area contributed by atoms with Crippen LogP contribution in [-0.2, 0) is 6.54 Å². The van der Waals surface area contributed by atoms with E-state index in [0.717, 1.165) is 25.9 Å². The zero-order chi connectivity index (χ0) is 19.0. The topological polar surface area (TPSA) is 96.3 Å². The third kappa shape index (κ3) is 3.40. The van der Waals surface area contributed by atoms with Crippen LogP contribution >= 0.6 is 0 Å². The van der Waals surface area contributed by atoms with Gasteiger partial charge in [-0.25, -0.2) is 0 Å². The van der Waals surface area contributed by atoms with Crippen molar-refractivity contribution in [1.29, 1.82) is 0 Å². The van der Waals surface area contributed by atoms with E-state index in [2.05, 4.69) is 4.90 Å². The van der Waals surface area contributed by atoms with Gasteiger partial charge in [0.15, 0.2) is 5.76 Å². The van der Waals surface area contributed by atoms with E-state index in [1.807, 2.05) is 0 Å². The first-order valence-electron chi connectivity index (χ1n) is 8.80. The van der Waals surface area contributed by atoms with Gasteiger partial charge in [-0.3, -0.25) is 20.1 Å². The summed E-state index contributed by atoms with van der Waals surface area (Å²) in [5, 5.41) is 30.6. The lowest BCUT2D eigenvalue weighted by molar-refractivity contribution is -0.269. The van der Waals surface area contributed by atoms with E-state index in [4.69, 9.17) is 15.2 Å². The van der Waals surface area contributed by atoms with Crippen LogP contribution < -0.4 is 15.1 Å². The second-order valence-electron chi connectivity index (χ2n) is 6.73. The molecule has 2 aliphatic rings. The van der Waals surface area contributed by atoms with Gasteiger partial charge in [-0.05, 0) is 55.8 Å². The number of hydrogen-bond donors (Lipinski definition) is 2. The molecule has 0 radical (unpaired) electrons. The average Bonchev–Trinajstić information content (AvgIpc) is 3.27. The molecule has 0 unspecified atom stereocenters. The maximum absolute atomic E-state index is 12.7. The van der Waals surface area contributed by atoms with Gasteiger partial charge in [0.1, 0.15) is 5.75 Å². The van der Waals surface area contributed by atoms with Crippen molar-refractivity contribution < 1.29 is 25.1 Å². The molecule has 2 aliphatic heterocycles. The van der Waals surface area contributed by atoms with E-state index in [0.29, 0.717) is 29.0 Å². The summed E-state index contributed by atoms with van der Waals surface area (Å²) < 4.78 is 5.79. The van der Waals surface area contributed by atoms with E-state index in [-0.39, 0.29) is 28.2 Å². The van der Waals surface area contributed by atoms with Crippen LogP contribution in [0.2, 0.25) is 0 Å². The van der Waals surface area contributed by atoms with Gasteiger partial charge in [0.25, 0.3) is 0 Å². The minimum atomic E-state index is -0.289.